The first kappa shape index (κ1) is 15.8. The van der Waals surface area contributed by atoms with Gasteiger partial charge in [0, 0.05) is 41.2 Å². The molecule has 0 aliphatic heterocycles. The standard InChI is InChI=1S/C16H24N4S/c1-6-14-19-15(17-5)12(4)16(20-14)18-10(2)9-13-8-7-11(3)21-13/h7-8,10H,6,9H2,1-5H3,(H2,17,18,19,20). The molecule has 0 fully saturated rings. The molecule has 0 aliphatic carbocycles. The van der Waals surface area contributed by atoms with Crippen molar-refractivity contribution in [3.8, 4) is 0 Å². The van der Waals surface area contributed by atoms with Crippen LogP contribution in [0.3, 0.4) is 0 Å². The minimum absolute atomic E-state index is 0.339. The van der Waals surface area contributed by atoms with Gasteiger partial charge in [-0.25, -0.2) is 9.97 Å². The number of nitrogens with zero attached hydrogens (tertiary/aromatic N) is 2. The van der Waals surface area contributed by atoms with Crippen LogP contribution in [0.2, 0.25) is 0 Å². The molecule has 1 atom stereocenters. The molecule has 5 heteroatoms. The summed E-state index contributed by atoms with van der Waals surface area (Å²) in [6, 6.07) is 4.73. The van der Waals surface area contributed by atoms with E-state index in [0.717, 1.165) is 35.9 Å². The minimum Gasteiger partial charge on any atom is -0.373 e. The van der Waals surface area contributed by atoms with E-state index in [9.17, 15) is 0 Å². The lowest BCUT2D eigenvalue weighted by molar-refractivity contribution is 0.786. The zero-order chi connectivity index (χ0) is 15.4. The molecule has 0 aromatic carbocycles. The van der Waals surface area contributed by atoms with Gasteiger partial charge in [0.05, 0.1) is 0 Å². The summed E-state index contributed by atoms with van der Waals surface area (Å²) >= 11 is 1.86. The quantitative estimate of drug-likeness (QED) is 0.852. The molecule has 0 bridgehead atoms. The molecule has 1 unspecified atom stereocenters. The van der Waals surface area contributed by atoms with Crippen LogP contribution in [0.1, 0.15) is 35.0 Å². The monoisotopic (exact) mass is 304 g/mol. The molecule has 2 rings (SSSR count). The van der Waals surface area contributed by atoms with E-state index in [1.54, 1.807) is 0 Å². The number of rotatable bonds is 6. The van der Waals surface area contributed by atoms with Crippen molar-refractivity contribution in [1.29, 1.82) is 0 Å². The van der Waals surface area contributed by atoms with Crippen molar-refractivity contribution in [1.82, 2.24) is 9.97 Å². The van der Waals surface area contributed by atoms with Gasteiger partial charge in [0.25, 0.3) is 0 Å². The van der Waals surface area contributed by atoms with Crippen LogP contribution in [0.15, 0.2) is 12.1 Å². The van der Waals surface area contributed by atoms with Crippen molar-refractivity contribution >= 4 is 23.0 Å². The summed E-state index contributed by atoms with van der Waals surface area (Å²) in [5, 5.41) is 6.68. The van der Waals surface area contributed by atoms with Crippen LogP contribution in [0.5, 0.6) is 0 Å². The third-order valence-electron chi connectivity index (χ3n) is 3.43. The van der Waals surface area contributed by atoms with Gasteiger partial charge < -0.3 is 10.6 Å². The Balaban J connectivity index is 2.14. The zero-order valence-electron chi connectivity index (χ0n) is 13.4. The van der Waals surface area contributed by atoms with Crippen molar-refractivity contribution in [3.05, 3.63) is 33.3 Å². The number of thiophene rings is 1. The number of aromatic nitrogens is 2. The Hall–Kier alpha value is -1.62. The summed E-state index contributed by atoms with van der Waals surface area (Å²) < 4.78 is 0. The first-order valence-corrected chi connectivity index (χ1v) is 8.22. The number of nitrogens with one attached hydrogen (secondary N) is 2. The average Bonchev–Trinajstić information content (AvgIpc) is 2.86. The highest BCUT2D eigenvalue weighted by Crippen LogP contribution is 2.22. The van der Waals surface area contributed by atoms with Gasteiger partial charge in [0.1, 0.15) is 17.5 Å². The van der Waals surface area contributed by atoms with E-state index in [4.69, 9.17) is 0 Å². The molecule has 0 saturated carbocycles. The van der Waals surface area contributed by atoms with E-state index < -0.39 is 0 Å². The molecule has 0 saturated heterocycles. The third kappa shape index (κ3) is 3.94. The van der Waals surface area contributed by atoms with Crippen LogP contribution < -0.4 is 10.6 Å². The molecule has 0 radical (unpaired) electrons. The van der Waals surface area contributed by atoms with Gasteiger partial charge in [0.2, 0.25) is 0 Å². The average molecular weight is 304 g/mol. The van der Waals surface area contributed by atoms with Gasteiger partial charge in [-0.05, 0) is 32.9 Å². The highest BCUT2D eigenvalue weighted by atomic mass is 32.1. The fourth-order valence-corrected chi connectivity index (χ4v) is 3.31. The van der Waals surface area contributed by atoms with Crippen LogP contribution in [0.25, 0.3) is 0 Å². The van der Waals surface area contributed by atoms with Crippen molar-refractivity contribution < 1.29 is 0 Å². The lowest BCUT2D eigenvalue weighted by Gasteiger charge is -2.18. The molecule has 0 aliphatic rings. The molecule has 0 amide bonds. The van der Waals surface area contributed by atoms with Crippen LogP contribution in [-0.2, 0) is 12.8 Å². The smallest absolute Gasteiger partial charge is 0.134 e. The lowest BCUT2D eigenvalue weighted by atomic mass is 10.2. The number of aryl methyl sites for hydroxylation is 2. The van der Waals surface area contributed by atoms with Crippen molar-refractivity contribution in [2.24, 2.45) is 0 Å². The molecule has 0 spiro atoms. The predicted molar refractivity (Wildman–Crippen MR) is 91.5 cm³/mol. The topological polar surface area (TPSA) is 49.8 Å². The molecular weight excluding hydrogens is 280 g/mol. The molecule has 21 heavy (non-hydrogen) atoms. The van der Waals surface area contributed by atoms with Gasteiger partial charge in [-0.2, -0.15) is 0 Å². The highest BCUT2D eigenvalue weighted by molar-refractivity contribution is 7.11. The van der Waals surface area contributed by atoms with Crippen LogP contribution in [0.4, 0.5) is 11.6 Å². The van der Waals surface area contributed by atoms with E-state index in [0.29, 0.717) is 6.04 Å². The summed E-state index contributed by atoms with van der Waals surface area (Å²) in [6.45, 7) is 8.47. The van der Waals surface area contributed by atoms with E-state index in [-0.39, 0.29) is 0 Å². The second-order valence-corrected chi connectivity index (χ2v) is 6.70. The number of hydrogen-bond donors (Lipinski definition) is 2. The zero-order valence-corrected chi connectivity index (χ0v) is 14.3. The molecular formula is C16H24N4S. The van der Waals surface area contributed by atoms with Gasteiger partial charge in [-0.15, -0.1) is 11.3 Å². The van der Waals surface area contributed by atoms with Gasteiger partial charge in [0.15, 0.2) is 0 Å². The van der Waals surface area contributed by atoms with Crippen LogP contribution >= 0.6 is 11.3 Å². The van der Waals surface area contributed by atoms with Crippen molar-refractivity contribution in [3.63, 3.8) is 0 Å². The number of anilines is 2. The SMILES string of the molecule is CCc1nc(NC)c(C)c(NC(C)Cc2ccc(C)s2)n1. The summed E-state index contributed by atoms with van der Waals surface area (Å²) in [6.07, 6.45) is 1.85. The Bertz CT molecular complexity index is 606. The van der Waals surface area contributed by atoms with E-state index in [1.807, 2.05) is 18.4 Å². The maximum atomic E-state index is 4.63. The molecule has 2 N–H and O–H groups in total. The maximum Gasteiger partial charge on any atom is 0.134 e. The molecule has 114 valence electrons. The second-order valence-electron chi connectivity index (χ2n) is 5.33. The van der Waals surface area contributed by atoms with Crippen molar-refractivity contribution in [2.45, 2.75) is 46.6 Å². The Morgan fingerprint density at radius 1 is 1.19 bits per heavy atom. The second kappa shape index (κ2) is 6.89. The Labute approximate surface area is 131 Å². The Kier molecular flexibility index (Phi) is 5.17. The Morgan fingerprint density at radius 2 is 1.90 bits per heavy atom. The molecule has 2 heterocycles. The van der Waals surface area contributed by atoms with Crippen LogP contribution in [-0.4, -0.2) is 23.1 Å². The highest BCUT2D eigenvalue weighted by Gasteiger charge is 2.12. The Morgan fingerprint density at radius 3 is 2.48 bits per heavy atom. The molecule has 4 nitrogen and oxygen atoms in total. The minimum atomic E-state index is 0.339. The molecule has 2 aromatic heterocycles. The summed E-state index contributed by atoms with van der Waals surface area (Å²) in [5.74, 6) is 2.71. The molecule has 2 aromatic rings. The van der Waals surface area contributed by atoms with Gasteiger partial charge in [-0.3, -0.25) is 0 Å². The lowest BCUT2D eigenvalue weighted by Crippen LogP contribution is -2.20. The first-order valence-electron chi connectivity index (χ1n) is 7.40. The summed E-state index contributed by atoms with van der Waals surface area (Å²) in [5.41, 5.74) is 1.07. The predicted octanol–water partition coefficient (Wildman–Crippen LogP) is 3.80. The van der Waals surface area contributed by atoms with E-state index in [2.05, 4.69) is 60.4 Å². The van der Waals surface area contributed by atoms with Gasteiger partial charge >= 0.3 is 0 Å². The van der Waals surface area contributed by atoms with E-state index >= 15 is 0 Å². The normalized spacial score (nSPS) is 12.2. The van der Waals surface area contributed by atoms with Crippen molar-refractivity contribution in [2.75, 3.05) is 17.7 Å². The fourth-order valence-electron chi connectivity index (χ4n) is 2.29. The summed E-state index contributed by atoms with van der Waals surface area (Å²) in [7, 11) is 1.90. The fraction of sp³-hybridized carbons (Fsp3) is 0.500. The van der Waals surface area contributed by atoms with Crippen LogP contribution in [0, 0.1) is 13.8 Å². The van der Waals surface area contributed by atoms with E-state index in [1.165, 1.54) is 9.75 Å². The largest absolute Gasteiger partial charge is 0.373 e. The number of hydrogen-bond acceptors (Lipinski definition) is 5. The first-order chi connectivity index (χ1) is 10.0. The summed E-state index contributed by atoms with van der Waals surface area (Å²) in [4.78, 5) is 11.9. The van der Waals surface area contributed by atoms with Gasteiger partial charge in [-0.1, -0.05) is 6.92 Å². The third-order valence-corrected chi connectivity index (χ3v) is 4.45. The maximum absolute atomic E-state index is 4.63.